The predicted octanol–water partition coefficient (Wildman–Crippen LogP) is 2.67. The fourth-order valence-corrected chi connectivity index (χ4v) is 2.51. The first-order valence-electron chi connectivity index (χ1n) is 7.52. The zero-order chi connectivity index (χ0) is 16.5. The van der Waals surface area contributed by atoms with E-state index in [1.165, 1.54) is 6.26 Å². The van der Waals surface area contributed by atoms with Crippen LogP contribution in [0.2, 0.25) is 0 Å². The zero-order valence-electron chi connectivity index (χ0n) is 13.9. The van der Waals surface area contributed by atoms with Crippen LogP contribution in [0.3, 0.4) is 0 Å². The fourth-order valence-electron chi connectivity index (χ4n) is 2.51. The summed E-state index contributed by atoms with van der Waals surface area (Å²) >= 11 is 0. The van der Waals surface area contributed by atoms with E-state index in [0.29, 0.717) is 31.0 Å². The molecule has 2 rings (SSSR count). The number of aryl methyl sites for hydroxylation is 1. The molecule has 1 aromatic rings. The molecular formula is C16H24N2O4. The van der Waals surface area contributed by atoms with Crippen molar-refractivity contribution < 1.29 is 18.7 Å². The molecule has 1 aliphatic rings. The van der Waals surface area contributed by atoms with Crippen molar-refractivity contribution in [2.75, 3.05) is 19.6 Å². The van der Waals surface area contributed by atoms with Crippen LogP contribution in [-0.2, 0) is 4.74 Å². The lowest BCUT2D eigenvalue weighted by atomic mass is 10.1. The molecule has 22 heavy (non-hydrogen) atoms. The molecule has 1 atom stereocenters. The van der Waals surface area contributed by atoms with Crippen molar-refractivity contribution in [3.8, 4) is 0 Å². The molecule has 0 unspecified atom stereocenters. The Morgan fingerprint density at radius 3 is 2.50 bits per heavy atom. The van der Waals surface area contributed by atoms with E-state index in [2.05, 4.69) is 0 Å². The standard InChI is InChI=1S/C16H24N2O4/c1-11-10-17(15(20)22-16(3,4)5)7-8-18(11)14(19)13-6-9-21-12(13)2/h6,9,11H,7-8,10H2,1-5H3/t11-/m1/s1. The second-order valence-corrected chi connectivity index (χ2v) is 6.66. The summed E-state index contributed by atoms with van der Waals surface area (Å²) in [6.07, 6.45) is 1.19. The minimum atomic E-state index is -0.513. The Labute approximate surface area is 131 Å². The molecule has 1 saturated heterocycles. The Balaban J connectivity index is 2.00. The smallest absolute Gasteiger partial charge is 0.410 e. The van der Waals surface area contributed by atoms with Gasteiger partial charge in [0.1, 0.15) is 11.4 Å². The van der Waals surface area contributed by atoms with Crippen molar-refractivity contribution in [3.63, 3.8) is 0 Å². The van der Waals surface area contributed by atoms with Gasteiger partial charge in [0.2, 0.25) is 0 Å². The van der Waals surface area contributed by atoms with E-state index in [1.807, 2.05) is 27.7 Å². The quantitative estimate of drug-likeness (QED) is 0.800. The number of hydrogen-bond donors (Lipinski definition) is 0. The van der Waals surface area contributed by atoms with Crippen LogP contribution >= 0.6 is 0 Å². The molecule has 6 heteroatoms. The number of furan rings is 1. The summed E-state index contributed by atoms with van der Waals surface area (Å²) in [5.41, 5.74) is 0.0684. The number of rotatable bonds is 1. The number of amides is 2. The molecule has 122 valence electrons. The number of carbonyl (C=O) groups excluding carboxylic acids is 2. The highest BCUT2D eigenvalue weighted by Gasteiger charge is 2.33. The summed E-state index contributed by atoms with van der Waals surface area (Å²) in [7, 11) is 0. The average molecular weight is 308 g/mol. The Hall–Kier alpha value is -1.98. The highest BCUT2D eigenvalue weighted by molar-refractivity contribution is 5.95. The summed E-state index contributed by atoms with van der Waals surface area (Å²) in [4.78, 5) is 28.1. The lowest BCUT2D eigenvalue weighted by Gasteiger charge is -2.40. The number of ether oxygens (including phenoxy) is 1. The normalized spacial score (nSPS) is 19.2. The third-order valence-electron chi connectivity index (χ3n) is 3.63. The predicted molar refractivity (Wildman–Crippen MR) is 81.8 cm³/mol. The summed E-state index contributed by atoms with van der Waals surface area (Å²) in [6, 6.07) is 1.62. The molecule has 1 aliphatic heterocycles. The Bertz CT molecular complexity index is 559. The van der Waals surface area contributed by atoms with Gasteiger partial charge in [-0.1, -0.05) is 0 Å². The van der Waals surface area contributed by atoms with Crippen LogP contribution < -0.4 is 0 Å². The molecule has 0 radical (unpaired) electrons. The second kappa shape index (κ2) is 6.02. The van der Waals surface area contributed by atoms with Gasteiger partial charge in [-0.25, -0.2) is 4.79 Å². The summed E-state index contributed by atoms with van der Waals surface area (Å²) in [5.74, 6) is 0.564. The van der Waals surface area contributed by atoms with E-state index in [1.54, 1.807) is 22.8 Å². The van der Waals surface area contributed by atoms with E-state index in [-0.39, 0.29) is 18.0 Å². The van der Waals surface area contributed by atoms with Crippen LogP contribution in [0.5, 0.6) is 0 Å². The van der Waals surface area contributed by atoms with Crippen molar-refractivity contribution in [1.82, 2.24) is 9.80 Å². The van der Waals surface area contributed by atoms with Crippen LogP contribution in [0.4, 0.5) is 4.79 Å². The zero-order valence-corrected chi connectivity index (χ0v) is 13.9. The highest BCUT2D eigenvalue weighted by atomic mass is 16.6. The maximum absolute atomic E-state index is 12.5. The van der Waals surface area contributed by atoms with Crippen molar-refractivity contribution in [3.05, 3.63) is 23.7 Å². The van der Waals surface area contributed by atoms with Crippen molar-refractivity contribution >= 4 is 12.0 Å². The van der Waals surface area contributed by atoms with E-state index in [4.69, 9.17) is 9.15 Å². The van der Waals surface area contributed by atoms with Gasteiger partial charge in [-0.2, -0.15) is 0 Å². The third kappa shape index (κ3) is 3.61. The van der Waals surface area contributed by atoms with Gasteiger partial charge in [0.15, 0.2) is 0 Å². The Kier molecular flexibility index (Phi) is 4.49. The molecule has 1 aromatic heterocycles. The molecule has 0 N–H and O–H groups in total. The van der Waals surface area contributed by atoms with Gasteiger partial charge < -0.3 is 19.0 Å². The summed E-state index contributed by atoms with van der Waals surface area (Å²) in [6.45, 7) is 10.7. The van der Waals surface area contributed by atoms with E-state index < -0.39 is 5.60 Å². The van der Waals surface area contributed by atoms with Gasteiger partial charge in [0, 0.05) is 25.7 Å². The van der Waals surface area contributed by atoms with Crippen LogP contribution in [0.15, 0.2) is 16.7 Å². The van der Waals surface area contributed by atoms with Gasteiger partial charge >= 0.3 is 6.09 Å². The lowest BCUT2D eigenvalue weighted by Crippen LogP contribution is -2.56. The van der Waals surface area contributed by atoms with Crippen LogP contribution in [0.1, 0.15) is 43.8 Å². The van der Waals surface area contributed by atoms with Crippen molar-refractivity contribution in [1.29, 1.82) is 0 Å². The molecule has 0 aliphatic carbocycles. The van der Waals surface area contributed by atoms with Gasteiger partial charge in [0.25, 0.3) is 5.91 Å². The number of piperazine rings is 1. The van der Waals surface area contributed by atoms with E-state index in [9.17, 15) is 9.59 Å². The number of nitrogens with zero attached hydrogens (tertiary/aromatic N) is 2. The maximum Gasteiger partial charge on any atom is 0.410 e. The molecular weight excluding hydrogens is 284 g/mol. The Morgan fingerprint density at radius 2 is 2.00 bits per heavy atom. The van der Waals surface area contributed by atoms with Gasteiger partial charge in [-0.3, -0.25) is 4.79 Å². The number of hydrogen-bond acceptors (Lipinski definition) is 4. The van der Waals surface area contributed by atoms with Crippen LogP contribution in [-0.4, -0.2) is 53.1 Å². The van der Waals surface area contributed by atoms with Gasteiger partial charge in [-0.05, 0) is 40.7 Å². The number of carbonyl (C=O) groups is 2. The lowest BCUT2D eigenvalue weighted by molar-refractivity contribution is 0.00613. The molecule has 0 spiro atoms. The van der Waals surface area contributed by atoms with Crippen molar-refractivity contribution in [2.24, 2.45) is 0 Å². The average Bonchev–Trinajstić information content (AvgIpc) is 2.82. The molecule has 1 fully saturated rings. The van der Waals surface area contributed by atoms with Gasteiger partial charge in [0.05, 0.1) is 11.8 Å². The molecule has 0 saturated carbocycles. The molecule has 0 aromatic carbocycles. The first-order valence-corrected chi connectivity index (χ1v) is 7.52. The van der Waals surface area contributed by atoms with Crippen LogP contribution in [0.25, 0.3) is 0 Å². The maximum atomic E-state index is 12.5. The second-order valence-electron chi connectivity index (χ2n) is 6.66. The highest BCUT2D eigenvalue weighted by Crippen LogP contribution is 2.19. The first kappa shape index (κ1) is 16.4. The monoisotopic (exact) mass is 308 g/mol. The minimum Gasteiger partial charge on any atom is -0.469 e. The van der Waals surface area contributed by atoms with Crippen molar-refractivity contribution in [2.45, 2.75) is 46.3 Å². The molecule has 2 amide bonds. The minimum absolute atomic E-state index is 0.0532. The first-order chi connectivity index (χ1) is 10.2. The summed E-state index contributed by atoms with van der Waals surface area (Å²) in [5, 5.41) is 0. The van der Waals surface area contributed by atoms with E-state index in [0.717, 1.165) is 0 Å². The Morgan fingerprint density at radius 1 is 1.32 bits per heavy atom. The van der Waals surface area contributed by atoms with E-state index >= 15 is 0 Å². The third-order valence-corrected chi connectivity index (χ3v) is 3.63. The molecule has 6 nitrogen and oxygen atoms in total. The fraction of sp³-hybridized carbons (Fsp3) is 0.625. The topological polar surface area (TPSA) is 63.0 Å². The van der Waals surface area contributed by atoms with Gasteiger partial charge in [-0.15, -0.1) is 0 Å². The largest absolute Gasteiger partial charge is 0.469 e. The summed E-state index contributed by atoms with van der Waals surface area (Å²) < 4.78 is 10.6. The van der Waals surface area contributed by atoms with Crippen LogP contribution in [0, 0.1) is 6.92 Å². The molecule has 0 bridgehead atoms. The SMILES string of the molecule is Cc1occc1C(=O)N1CCN(C(=O)OC(C)(C)C)C[C@H]1C. The molecule has 2 heterocycles.